The van der Waals surface area contributed by atoms with Crippen molar-refractivity contribution in [2.75, 3.05) is 13.9 Å². The second kappa shape index (κ2) is 8.32. The molecule has 7 heteroatoms. The largest absolute Gasteiger partial charge is 0.443 e. The average Bonchev–Trinajstić information content (AvgIpc) is 2.39. The first-order valence-corrected chi connectivity index (χ1v) is 6.77. The van der Waals surface area contributed by atoms with Gasteiger partial charge in [-0.3, -0.25) is 0 Å². The highest BCUT2D eigenvalue weighted by atomic mass is 35.5. The van der Waals surface area contributed by atoms with E-state index in [4.69, 9.17) is 43.1 Å². The summed E-state index contributed by atoms with van der Waals surface area (Å²) in [5, 5.41) is 0.843. The van der Waals surface area contributed by atoms with Crippen LogP contribution in [0.2, 0.25) is 10.0 Å². The average molecular weight is 322 g/mol. The Morgan fingerprint density at radius 1 is 1.35 bits per heavy atom. The number of amides is 1. The highest BCUT2D eigenvalue weighted by Gasteiger charge is 2.29. The summed E-state index contributed by atoms with van der Waals surface area (Å²) in [7, 11) is 1.49. The fourth-order valence-electron chi connectivity index (χ4n) is 1.81. The van der Waals surface area contributed by atoms with Gasteiger partial charge in [-0.25, -0.2) is 4.79 Å². The summed E-state index contributed by atoms with van der Waals surface area (Å²) in [5.74, 6) is 0. The van der Waals surface area contributed by atoms with Gasteiger partial charge >= 0.3 is 6.09 Å². The smallest absolute Gasteiger partial charge is 0.404 e. The Bertz CT molecular complexity index is 436. The summed E-state index contributed by atoms with van der Waals surface area (Å²) >= 11 is 12.3. The number of rotatable bonds is 7. The minimum Gasteiger partial charge on any atom is -0.443 e. The summed E-state index contributed by atoms with van der Waals surface area (Å²) < 4.78 is 15.5. The predicted molar refractivity (Wildman–Crippen MR) is 76.9 cm³/mol. The fourth-order valence-corrected chi connectivity index (χ4v) is 2.42. The van der Waals surface area contributed by atoms with E-state index in [1.165, 1.54) is 7.11 Å². The van der Waals surface area contributed by atoms with Crippen LogP contribution in [-0.4, -0.2) is 26.1 Å². The summed E-state index contributed by atoms with van der Waals surface area (Å²) in [6.45, 7) is 1.84. The van der Waals surface area contributed by atoms with Gasteiger partial charge in [-0.15, -0.1) is 0 Å². The van der Waals surface area contributed by atoms with Crippen LogP contribution in [-0.2, 0) is 14.2 Å². The molecule has 0 saturated heterocycles. The number of methoxy groups -OCH3 is 1. The van der Waals surface area contributed by atoms with Crippen LogP contribution in [0.4, 0.5) is 4.79 Å². The Morgan fingerprint density at radius 3 is 2.40 bits per heavy atom. The molecule has 0 fully saturated rings. The number of hydrogen-bond acceptors (Lipinski definition) is 4. The van der Waals surface area contributed by atoms with E-state index >= 15 is 0 Å². The zero-order valence-corrected chi connectivity index (χ0v) is 12.8. The molecule has 5 nitrogen and oxygen atoms in total. The van der Waals surface area contributed by atoms with Crippen molar-refractivity contribution >= 4 is 29.3 Å². The maximum atomic E-state index is 11.0. The van der Waals surface area contributed by atoms with Crippen LogP contribution in [0.5, 0.6) is 0 Å². The minimum absolute atomic E-state index is 0.00480. The molecule has 0 aliphatic rings. The fraction of sp³-hybridized carbons (Fsp3) is 0.462. The van der Waals surface area contributed by atoms with E-state index in [9.17, 15) is 4.79 Å². The minimum atomic E-state index is -0.883. The Balaban J connectivity index is 3.12. The van der Waals surface area contributed by atoms with Crippen molar-refractivity contribution in [2.24, 2.45) is 5.73 Å². The molecule has 0 spiro atoms. The lowest BCUT2D eigenvalue weighted by Crippen LogP contribution is -2.30. The van der Waals surface area contributed by atoms with E-state index in [1.54, 1.807) is 18.2 Å². The first-order chi connectivity index (χ1) is 9.51. The van der Waals surface area contributed by atoms with Crippen molar-refractivity contribution in [1.82, 2.24) is 0 Å². The molecule has 0 aromatic heterocycles. The second-order valence-electron chi connectivity index (χ2n) is 4.01. The van der Waals surface area contributed by atoms with Crippen molar-refractivity contribution in [1.29, 1.82) is 0 Å². The Labute approximate surface area is 127 Å². The predicted octanol–water partition coefficient (Wildman–Crippen LogP) is 3.53. The number of carbonyl (C=O) groups excluding carboxylic acids is 1. The molecule has 1 amide bonds. The Kier molecular flexibility index (Phi) is 7.09. The zero-order chi connectivity index (χ0) is 15.1. The van der Waals surface area contributed by atoms with Gasteiger partial charge in [0.15, 0.2) is 0 Å². The highest BCUT2D eigenvalue weighted by Crippen LogP contribution is 2.36. The first-order valence-electron chi connectivity index (χ1n) is 6.01. The molecular formula is C13H17Cl2NO4. The third kappa shape index (κ3) is 4.52. The van der Waals surface area contributed by atoms with Crippen LogP contribution in [0, 0.1) is 0 Å². The molecule has 0 saturated carbocycles. The van der Waals surface area contributed by atoms with Crippen molar-refractivity contribution in [3.63, 3.8) is 0 Å². The lowest BCUT2D eigenvalue weighted by Gasteiger charge is -2.27. The van der Waals surface area contributed by atoms with Gasteiger partial charge in [0.1, 0.15) is 19.0 Å². The second-order valence-corrected chi connectivity index (χ2v) is 4.83. The van der Waals surface area contributed by atoms with Crippen LogP contribution < -0.4 is 5.73 Å². The van der Waals surface area contributed by atoms with E-state index in [-0.39, 0.29) is 6.79 Å². The summed E-state index contributed by atoms with van der Waals surface area (Å²) in [4.78, 5) is 11.0. The molecule has 1 rings (SSSR count). The molecule has 0 unspecified atom stereocenters. The number of hydrogen-bond donors (Lipinski definition) is 1. The molecule has 0 radical (unpaired) electrons. The zero-order valence-electron chi connectivity index (χ0n) is 11.3. The Morgan fingerprint density at radius 2 is 1.95 bits per heavy atom. The van der Waals surface area contributed by atoms with Gasteiger partial charge < -0.3 is 19.9 Å². The number of halogens is 2. The summed E-state index contributed by atoms with van der Waals surface area (Å²) in [6.07, 6.45) is -1.67. The van der Waals surface area contributed by atoms with Crippen LogP contribution >= 0.6 is 23.2 Å². The maximum absolute atomic E-state index is 11.0. The normalized spacial score (nSPS) is 13.8. The van der Waals surface area contributed by atoms with E-state index < -0.39 is 18.3 Å². The molecule has 20 heavy (non-hydrogen) atoms. The Hall–Kier alpha value is -1.01. The first kappa shape index (κ1) is 17.0. The van der Waals surface area contributed by atoms with Gasteiger partial charge in [-0.2, -0.15) is 0 Å². The molecule has 2 atom stereocenters. The molecule has 2 N–H and O–H groups in total. The van der Waals surface area contributed by atoms with Crippen LogP contribution in [0.25, 0.3) is 0 Å². The van der Waals surface area contributed by atoms with Gasteiger partial charge in [0, 0.05) is 22.7 Å². The van der Waals surface area contributed by atoms with Crippen LogP contribution in [0.15, 0.2) is 18.2 Å². The van der Waals surface area contributed by atoms with Crippen LogP contribution in [0.1, 0.15) is 25.0 Å². The van der Waals surface area contributed by atoms with E-state index in [2.05, 4.69) is 0 Å². The van der Waals surface area contributed by atoms with Crippen molar-refractivity contribution in [2.45, 2.75) is 25.6 Å². The molecule has 112 valence electrons. The number of carbonyl (C=O) groups is 1. The molecule has 0 aliphatic heterocycles. The molecule has 0 heterocycles. The van der Waals surface area contributed by atoms with Gasteiger partial charge in [0.05, 0.1) is 0 Å². The quantitative estimate of drug-likeness (QED) is 0.780. The van der Waals surface area contributed by atoms with Crippen molar-refractivity contribution in [3.8, 4) is 0 Å². The standard InChI is InChI=1S/C13H17Cl2NO4/c1-3-10(20-13(16)17)12(19-7-18-2)11-8(14)5-4-6-9(11)15/h4-6,10,12H,3,7H2,1-2H3,(H2,16,17)/t10-,12+/m0/s1. The molecule has 0 bridgehead atoms. The molecular weight excluding hydrogens is 305 g/mol. The third-order valence-corrected chi connectivity index (χ3v) is 3.32. The van der Waals surface area contributed by atoms with Gasteiger partial charge in [0.25, 0.3) is 0 Å². The molecule has 0 aliphatic carbocycles. The topological polar surface area (TPSA) is 70.8 Å². The van der Waals surface area contributed by atoms with E-state index in [0.29, 0.717) is 22.0 Å². The number of nitrogens with two attached hydrogens (primary N) is 1. The SMILES string of the molecule is CC[C@H](OC(N)=O)[C@@H](OCOC)c1c(Cl)cccc1Cl. The van der Waals surface area contributed by atoms with Gasteiger partial charge in [0.2, 0.25) is 0 Å². The van der Waals surface area contributed by atoms with Gasteiger partial charge in [-0.05, 0) is 18.6 Å². The molecule has 1 aromatic carbocycles. The highest BCUT2D eigenvalue weighted by molar-refractivity contribution is 6.36. The number of primary amides is 1. The summed E-state index contributed by atoms with van der Waals surface area (Å²) in [6, 6.07) is 5.09. The summed E-state index contributed by atoms with van der Waals surface area (Å²) in [5.41, 5.74) is 5.62. The number of benzene rings is 1. The van der Waals surface area contributed by atoms with Crippen molar-refractivity contribution < 1.29 is 19.0 Å². The lowest BCUT2D eigenvalue weighted by atomic mass is 10.0. The van der Waals surface area contributed by atoms with E-state index in [1.807, 2.05) is 6.92 Å². The monoisotopic (exact) mass is 321 g/mol. The van der Waals surface area contributed by atoms with Crippen LogP contribution in [0.3, 0.4) is 0 Å². The molecule has 1 aromatic rings. The van der Waals surface area contributed by atoms with E-state index in [0.717, 1.165) is 0 Å². The van der Waals surface area contributed by atoms with Crippen molar-refractivity contribution in [3.05, 3.63) is 33.8 Å². The number of ether oxygens (including phenoxy) is 3. The lowest BCUT2D eigenvalue weighted by molar-refractivity contribution is -0.115. The third-order valence-electron chi connectivity index (χ3n) is 2.66. The maximum Gasteiger partial charge on any atom is 0.404 e. The van der Waals surface area contributed by atoms with Gasteiger partial charge in [-0.1, -0.05) is 36.2 Å².